The smallest absolute Gasteiger partial charge is 0.0778 e. The number of hydrogen-bond acceptors (Lipinski definition) is 3. The number of rotatable bonds is 6. The Morgan fingerprint density at radius 2 is 2.15 bits per heavy atom. The molecule has 0 fully saturated rings. The Bertz CT molecular complexity index is 171. The van der Waals surface area contributed by atoms with Crippen molar-refractivity contribution in [2.45, 2.75) is 40.0 Å². The number of aliphatic imine (C=N–C) groups is 1. The van der Waals surface area contributed by atoms with Gasteiger partial charge in [0, 0.05) is 12.8 Å². The molecule has 0 aliphatic carbocycles. The maximum atomic E-state index is 5.20. The van der Waals surface area contributed by atoms with E-state index >= 15 is 0 Å². The third kappa shape index (κ3) is 7.50. The first kappa shape index (κ1) is 12.1. The Morgan fingerprint density at radius 3 is 2.62 bits per heavy atom. The van der Waals surface area contributed by atoms with Gasteiger partial charge in [0.05, 0.1) is 5.71 Å². The fraction of sp³-hybridized carbons (Fsp3) is 0.800. The molecule has 0 spiro atoms. The van der Waals surface area contributed by atoms with Crippen molar-refractivity contribution in [1.82, 2.24) is 0 Å². The van der Waals surface area contributed by atoms with Gasteiger partial charge in [-0.1, -0.05) is 27.2 Å². The molecule has 0 saturated heterocycles. The minimum atomic E-state index is 0.710. The van der Waals surface area contributed by atoms with Crippen LogP contribution in [0.15, 0.2) is 10.1 Å². The van der Waals surface area contributed by atoms with Crippen LogP contribution in [0.5, 0.6) is 0 Å². The minimum Gasteiger partial charge on any atom is -0.323 e. The van der Waals surface area contributed by atoms with Gasteiger partial charge in [0.25, 0.3) is 0 Å². The summed E-state index contributed by atoms with van der Waals surface area (Å²) in [6, 6.07) is 0. The lowest BCUT2D eigenvalue weighted by atomic mass is 10.1. The standard InChI is InChI=1S/C10H21N3/c1-4-5-10(13-11)8-12-7-6-9(2)3/h8-9H,4-7,11H2,1-3H3/b12-8?,13-10-. The van der Waals surface area contributed by atoms with Crippen molar-refractivity contribution in [3.05, 3.63) is 0 Å². The molecule has 0 atom stereocenters. The Morgan fingerprint density at radius 1 is 1.46 bits per heavy atom. The highest BCUT2D eigenvalue weighted by Gasteiger charge is 1.93. The molecule has 0 aliphatic heterocycles. The van der Waals surface area contributed by atoms with E-state index in [-0.39, 0.29) is 0 Å². The molecule has 13 heavy (non-hydrogen) atoms. The third-order valence-electron chi connectivity index (χ3n) is 1.75. The van der Waals surface area contributed by atoms with E-state index in [9.17, 15) is 0 Å². The highest BCUT2D eigenvalue weighted by molar-refractivity contribution is 6.30. The van der Waals surface area contributed by atoms with E-state index in [0.29, 0.717) is 5.92 Å². The van der Waals surface area contributed by atoms with Crippen molar-refractivity contribution < 1.29 is 0 Å². The average molecular weight is 183 g/mol. The molecule has 0 heterocycles. The van der Waals surface area contributed by atoms with Gasteiger partial charge in [-0.15, -0.1) is 0 Å². The highest BCUT2D eigenvalue weighted by Crippen LogP contribution is 1.98. The zero-order chi connectivity index (χ0) is 10.1. The predicted molar refractivity (Wildman–Crippen MR) is 59.3 cm³/mol. The van der Waals surface area contributed by atoms with E-state index in [1.165, 1.54) is 0 Å². The van der Waals surface area contributed by atoms with Crippen molar-refractivity contribution in [1.29, 1.82) is 0 Å². The molecule has 0 aromatic rings. The summed E-state index contributed by atoms with van der Waals surface area (Å²) in [7, 11) is 0. The van der Waals surface area contributed by atoms with E-state index in [4.69, 9.17) is 5.84 Å². The van der Waals surface area contributed by atoms with Gasteiger partial charge in [-0.25, -0.2) is 0 Å². The van der Waals surface area contributed by atoms with Gasteiger partial charge in [0.15, 0.2) is 0 Å². The van der Waals surface area contributed by atoms with Crippen LogP contribution in [0.25, 0.3) is 0 Å². The normalized spacial score (nSPS) is 13.1. The fourth-order valence-corrected chi connectivity index (χ4v) is 0.921. The summed E-state index contributed by atoms with van der Waals surface area (Å²) in [6.07, 6.45) is 4.90. The van der Waals surface area contributed by atoms with Crippen LogP contribution in [0, 0.1) is 5.92 Å². The first-order chi connectivity index (χ1) is 6.20. The summed E-state index contributed by atoms with van der Waals surface area (Å²) in [6.45, 7) is 7.37. The van der Waals surface area contributed by atoms with Gasteiger partial charge in [-0.3, -0.25) is 4.99 Å². The van der Waals surface area contributed by atoms with Crippen LogP contribution in [0.2, 0.25) is 0 Å². The summed E-state index contributed by atoms with van der Waals surface area (Å²) in [5, 5.41) is 3.66. The molecule has 3 nitrogen and oxygen atoms in total. The molecule has 2 N–H and O–H groups in total. The predicted octanol–water partition coefficient (Wildman–Crippen LogP) is 2.22. The summed E-state index contributed by atoms with van der Waals surface area (Å²) in [4.78, 5) is 4.27. The van der Waals surface area contributed by atoms with E-state index in [1.54, 1.807) is 6.21 Å². The zero-order valence-electron chi connectivity index (χ0n) is 8.95. The van der Waals surface area contributed by atoms with Gasteiger partial charge in [0.2, 0.25) is 0 Å². The molecule has 0 amide bonds. The Balaban J connectivity index is 3.68. The van der Waals surface area contributed by atoms with E-state index in [1.807, 2.05) is 0 Å². The highest BCUT2D eigenvalue weighted by atomic mass is 15.1. The van der Waals surface area contributed by atoms with Crippen LogP contribution in [0.4, 0.5) is 0 Å². The molecule has 0 aliphatic rings. The number of hydrazone groups is 1. The lowest BCUT2D eigenvalue weighted by molar-refractivity contribution is 0.598. The second-order valence-electron chi connectivity index (χ2n) is 3.59. The summed E-state index contributed by atoms with van der Waals surface area (Å²) >= 11 is 0. The molecule has 0 aromatic heterocycles. The molecule has 0 radical (unpaired) electrons. The van der Waals surface area contributed by atoms with Gasteiger partial charge in [0.1, 0.15) is 0 Å². The first-order valence-corrected chi connectivity index (χ1v) is 4.97. The number of nitrogens with zero attached hydrogens (tertiary/aromatic N) is 2. The second kappa shape index (κ2) is 7.77. The number of nitrogens with two attached hydrogens (primary N) is 1. The van der Waals surface area contributed by atoms with Crippen molar-refractivity contribution >= 4 is 11.9 Å². The van der Waals surface area contributed by atoms with Crippen molar-refractivity contribution in [2.75, 3.05) is 6.54 Å². The monoisotopic (exact) mass is 183 g/mol. The maximum Gasteiger partial charge on any atom is 0.0778 e. The Hall–Kier alpha value is -0.860. The van der Waals surface area contributed by atoms with Gasteiger partial charge in [-0.05, 0) is 18.8 Å². The number of hydrogen-bond donors (Lipinski definition) is 1. The molecule has 0 unspecified atom stereocenters. The molecule has 0 aromatic carbocycles. The lowest BCUT2D eigenvalue weighted by Crippen LogP contribution is -2.04. The molecule has 0 rings (SSSR count). The minimum absolute atomic E-state index is 0.710. The molecule has 76 valence electrons. The van der Waals surface area contributed by atoms with E-state index in [2.05, 4.69) is 30.9 Å². The summed E-state index contributed by atoms with van der Waals surface area (Å²) < 4.78 is 0. The molecular weight excluding hydrogens is 162 g/mol. The zero-order valence-corrected chi connectivity index (χ0v) is 8.95. The quantitative estimate of drug-likeness (QED) is 0.383. The van der Waals surface area contributed by atoms with Crippen LogP contribution >= 0.6 is 0 Å². The van der Waals surface area contributed by atoms with Gasteiger partial charge in [-0.2, -0.15) is 5.10 Å². The Labute approximate surface area is 81.1 Å². The topological polar surface area (TPSA) is 50.7 Å². The summed E-state index contributed by atoms with van der Waals surface area (Å²) in [5.74, 6) is 5.91. The molecular formula is C10H21N3. The summed E-state index contributed by atoms with van der Waals surface area (Å²) in [5.41, 5.74) is 0.895. The van der Waals surface area contributed by atoms with Crippen LogP contribution < -0.4 is 5.84 Å². The maximum absolute atomic E-state index is 5.20. The fourth-order valence-electron chi connectivity index (χ4n) is 0.921. The molecule has 3 heteroatoms. The van der Waals surface area contributed by atoms with E-state index in [0.717, 1.165) is 31.5 Å². The van der Waals surface area contributed by atoms with Crippen molar-refractivity contribution in [2.24, 2.45) is 21.9 Å². The van der Waals surface area contributed by atoms with Crippen LogP contribution in [0.1, 0.15) is 40.0 Å². The van der Waals surface area contributed by atoms with Crippen molar-refractivity contribution in [3.8, 4) is 0 Å². The SMILES string of the molecule is CCC/C(C=NCCC(C)C)=N/N. The van der Waals surface area contributed by atoms with Gasteiger partial charge >= 0.3 is 0 Å². The van der Waals surface area contributed by atoms with E-state index < -0.39 is 0 Å². The lowest BCUT2D eigenvalue weighted by Gasteiger charge is -1.99. The average Bonchev–Trinajstić information content (AvgIpc) is 2.10. The van der Waals surface area contributed by atoms with Gasteiger partial charge < -0.3 is 5.84 Å². The third-order valence-corrected chi connectivity index (χ3v) is 1.75. The van der Waals surface area contributed by atoms with Crippen molar-refractivity contribution in [3.63, 3.8) is 0 Å². The van der Waals surface area contributed by atoms with Crippen LogP contribution in [-0.4, -0.2) is 18.5 Å². The molecule has 0 bridgehead atoms. The van der Waals surface area contributed by atoms with Crippen LogP contribution in [-0.2, 0) is 0 Å². The first-order valence-electron chi connectivity index (χ1n) is 4.97. The van der Waals surface area contributed by atoms with Crippen LogP contribution in [0.3, 0.4) is 0 Å². The second-order valence-corrected chi connectivity index (χ2v) is 3.59. The Kier molecular flexibility index (Phi) is 7.26. The largest absolute Gasteiger partial charge is 0.323 e. The molecule has 0 saturated carbocycles.